The average Bonchev–Trinajstić information content (AvgIpc) is 3.19. The van der Waals surface area contributed by atoms with Gasteiger partial charge in [-0.3, -0.25) is 14.7 Å². The van der Waals surface area contributed by atoms with Gasteiger partial charge in [0.15, 0.2) is 5.82 Å². The number of piperidine rings is 1. The highest BCUT2D eigenvalue weighted by atomic mass is 32.1. The minimum atomic E-state index is -0.475. The number of H-pyrrole nitrogens is 1. The standard InChI is InChI=1S/C19H27N5O2S/c1-11-9-14(21-18(26)19(3,4)5)27-15(11)17(25)24-8-6-7-13(10-24)16-20-12(2)22-23-16/h9,13H,6-8,10H2,1-5H3,(H,21,26)(H,20,22,23). The minimum Gasteiger partial charge on any atom is -0.337 e. The molecule has 0 aromatic carbocycles. The van der Waals surface area contributed by atoms with E-state index in [-0.39, 0.29) is 17.7 Å². The first-order valence-electron chi connectivity index (χ1n) is 9.25. The molecule has 0 radical (unpaired) electrons. The number of nitrogens with one attached hydrogen (secondary N) is 2. The van der Waals surface area contributed by atoms with Crippen LogP contribution >= 0.6 is 11.3 Å². The first-order chi connectivity index (χ1) is 12.6. The smallest absolute Gasteiger partial charge is 0.264 e. The molecule has 2 aromatic rings. The quantitative estimate of drug-likeness (QED) is 0.841. The van der Waals surface area contributed by atoms with E-state index < -0.39 is 5.41 Å². The molecule has 0 spiro atoms. The summed E-state index contributed by atoms with van der Waals surface area (Å²) in [6, 6.07) is 1.88. The summed E-state index contributed by atoms with van der Waals surface area (Å²) in [4.78, 5) is 32.3. The summed E-state index contributed by atoms with van der Waals surface area (Å²) in [7, 11) is 0. The van der Waals surface area contributed by atoms with E-state index in [4.69, 9.17) is 0 Å². The molecule has 2 amide bonds. The van der Waals surface area contributed by atoms with Gasteiger partial charge in [0.1, 0.15) is 5.82 Å². The zero-order valence-electron chi connectivity index (χ0n) is 16.5. The maximum Gasteiger partial charge on any atom is 0.264 e. The lowest BCUT2D eigenvalue weighted by atomic mass is 9.96. The van der Waals surface area contributed by atoms with E-state index in [1.807, 2.05) is 45.6 Å². The summed E-state index contributed by atoms with van der Waals surface area (Å²) in [6.07, 6.45) is 1.92. The van der Waals surface area contributed by atoms with Crippen LogP contribution in [0.5, 0.6) is 0 Å². The molecule has 1 atom stereocenters. The molecule has 8 heteroatoms. The number of carbonyl (C=O) groups is 2. The monoisotopic (exact) mass is 389 g/mol. The zero-order chi connectivity index (χ0) is 19.8. The molecule has 3 rings (SSSR count). The number of rotatable bonds is 3. The number of aromatic nitrogens is 3. The van der Waals surface area contributed by atoms with E-state index in [1.165, 1.54) is 11.3 Å². The van der Waals surface area contributed by atoms with Gasteiger partial charge in [0.2, 0.25) is 5.91 Å². The van der Waals surface area contributed by atoms with Crippen molar-refractivity contribution in [1.82, 2.24) is 20.1 Å². The largest absolute Gasteiger partial charge is 0.337 e. The van der Waals surface area contributed by atoms with Crippen LogP contribution in [-0.4, -0.2) is 45.0 Å². The lowest BCUT2D eigenvalue weighted by molar-refractivity contribution is -0.123. The van der Waals surface area contributed by atoms with Gasteiger partial charge >= 0.3 is 0 Å². The average molecular weight is 390 g/mol. The number of anilines is 1. The van der Waals surface area contributed by atoms with E-state index >= 15 is 0 Å². The van der Waals surface area contributed by atoms with E-state index in [9.17, 15) is 9.59 Å². The van der Waals surface area contributed by atoms with Crippen LogP contribution in [0.3, 0.4) is 0 Å². The molecule has 0 aliphatic carbocycles. The summed E-state index contributed by atoms with van der Waals surface area (Å²) in [5.41, 5.74) is 0.418. The molecular formula is C19H27N5O2S. The van der Waals surface area contributed by atoms with E-state index in [1.54, 1.807) is 0 Å². The Balaban J connectivity index is 1.72. The highest BCUT2D eigenvalue weighted by Crippen LogP contribution is 2.32. The first-order valence-corrected chi connectivity index (χ1v) is 10.1. The van der Waals surface area contributed by atoms with Crippen molar-refractivity contribution in [3.63, 3.8) is 0 Å². The zero-order valence-corrected chi connectivity index (χ0v) is 17.4. The van der Waals surface area contributed by atoms with Gasteiger partial charge in [-0.1, -0.05) is 20.8 Å². The van der Waals surface area contributed by atoms with Gasteiger partial charge in [-0.25, -0.2) is 4.98 Å². The highest BCUT2D eigenvalue weighted by molar-refractivity contribution is 7.18. The molecule has 1 aliphatic rings. The fourth-order valence-corrected chi connectivity index (χ4v) is 4.15. The van der Waals surface area contributed by atoms with E-state index in [2.05, 4.69) is 20.5 Å². The maximum absolute atomic E-state index is 13.1. The van der Waals surface area contributed by atoms with Gasteiger partial charge < -0.3 is 10.2 Å². The highest BCUT2D eigenvalue weighted by Gasteiger charge is 2.30. The van der Waals surface area contributed by atoms with Crippen molar-refractivity contribution >= 4 is 28.2 Å². The third-order valence-corrected chi connectivity index (χ3v) is 5.86. The number of likely N-dealkylation sites (tertiary alicyclic amines) is 1. The van der Waals surface area contributed by atoms with Crippen LogP contribution in [0.15, 0.2) is 6.07 Å². The Bertz CT molecular complexity index is 849. The fourth-order valence-electron chi connectivity index (χ4n) is 3.11. The molecule has 2 aromatic heterocycles. The van der Waals surface area contributed by atoms with Gasteiger partial charge in [0.25, 0.3) is 5.91 Å². The number of aryl methyl sites for hydroxylation is 2. The Morgan fingerprint density at radius 2 is 2.07 bits per heavy atom. The van der Waals surface area contributed by atoms with Crippen LogP contribution in [0.1, 0.15) is 66.4 Å². The number of thiophene rings is 1. The van der Waals surface area contributed by atoms with Crippen molar-refractivity contribution in [3.05, 3.63) is 28.2 Å². The number of amides is 2. The predicted octanol–water partition coefficient (Wildman–Crippen LogP) is 3.49. The summed E-state index contributed by atoms with van der Waals surface area (Å²) >= 11 is 1.35. The molecule has 7 nitrogen and oxygen atoms in total. The third kappa shape index (κ3) is 4.37. The van der Waals surface area contributed by atoms with E-state index in [0.717, 1.165) is 36.6 Å². The second-order valence-electron chi connectivity index (χ2n) is 8.20. The van der Waals surface area contributed by atoms with Crippen LogP contribution in [0.2, 0.25) is 0 Å². The van der Waals surface area contributed by atoms with Gasteiger partial charge in [0.05, 0.1) is 9.88 Å². The molecule has 0 bridgehead atoms. The Morgan fingerprint density at radius 3 is 2.70 bits per heavy atom. The van der Waals surface area contributed by atoms with Crippen LogP contribution in [0, 0.1) is 19.3 Å². The Morgan fingerprint density at radius 1 is 1.33 bits per heavy atom. The van der Waals surface area contributed by atoms with Crippen molar-refractivity contribution in [1.29, 1.82) is 0 Å². The third-order valence-electron chi connectivity index (χ3n) is 4.72. The maximum atomic E-state index is 13.1. The molecule has 1 saturated heterocycles. The molecule has 0 saturated carbocycles. The Kier molecular flexibility index (Phi) is 5.37. The second-order valence-corrected chi connectivity index (χ2v) is 9.25. The van der Waals surface area contributed by atoms with Gasteiger partial charge in [-0.05, 0) is 38.3 Å². The summed E-state index contributed by atoms with van der Waals surface area (Å²) in [6.45, 7) is 10.8. The van der Waals surface area contributed by atoms with Crippen LogP contribution in [0.25, 0.3) is 0 Å². The first kappa shape index (κ1) is 19.5. The summed E-state index contributed by atoms with van der Waals surface area (Å²) < 4.78 is 0. The SMILES string of the molecule is Cc1nc(C2CCCN(C(=O)c3sc(NC(=O)C(C)(C)C)cc3C)C2)n[nH]1. The molecule has 1 aliphatic heterocycles. The van der Waals surface area contributed by atoms with E-state index in [0.29, 0.717) is 16.4 Å². The lowest BCUT2D eigenvalue weighted by Gasteiger charge is -2.31. The molecule has 146 valence electrons. The number of hydrogen-bond acceptors (Lipinski definition) is 5. The normalized spacial score (nSPS) is 17.8. The second kappa shape index (κ2) is 7.42. The molecular weight excluding hydrogens is 362 g/mol. The number of aromatic amines is 1. The summed E-state index contributed by atoms with van der Waals surface area (Å²) in [5, 5.41) is 10.8. The molecule has 1 fully saturated rings. The van der Waals surface area contributed by atoms with Gasteiger partial charge in [0, 0.05) is 24.4 Å². The van der Waals surface area contributed by atoms with Gasteiger partial charge in [-0.15, -0.1) is 11.3 Å². The summed E-state index contributed by atoms with van der Waals surface area (Å²) in [5.74, 6) is 1.70. The predicted molar refractivity (Wildman–Crippen MR) is 106 cm³/mol. The Hall–Kier alpha value is -2.22. The topological polar surface area (TPSA) is 91.0 Å². The molecule has 27 heavy (non-hydrogen) atoms. The van der Waals surface area contributed by atoms with Crippen molar-refractivity contribution < 1.29 is 9.59 Å². The fraction of sp³-hybridized carbons (Fsp3) is 0.579. The molecule has 1 unspecified atom stereocenters. The minimum absolute atomic E-state index is 0.0192. The number of nitrogens with zero attached hydrogens (tertiary/aromatic N) is 3. The van der Waals surface area contributed by atoms with Gasteiger partial charge in [-0.2, -0.15) is 5.10 Å². The lowest BCUT2D eigenvalue weighted by Crippen LogP contribution is -2.39. The molecule has 3 heterocycles. The number of carbonyl (C=O) groups excluding carboxylic acids is 2. The van der Waals surface area contributed by atoms with Crippen molar-refractivity contribution in [2.75, 3.05) is 18.4 Å². The Labute approximate surface area is 163 Å². The van der Waals surface area contributed by atoms with Crippen LogP contribution in [-0.2, 0) is 4.79 Å². The number of hydrogen-bond donors (Lipinski definition) is 2. The van der Waals surface area contributed by atoms with Crippen LogP contribution in [0.4, 0.5) is 5.00 Å². The van der Waals surface area contributed by atoms with Crippen LogP contribution < -0.4 is 5.32 Å². The molecule has 2 N–H and O–H groups in total. The van der Waals surface area contributed by atoms with Crippen molar-refractivity contribution in [2.45, 2.75) is 53.4 Å². The van der Waals surface area contributed by atoms with Crippen molar-refractivity contribution in [3.8, 4) is 0 Å². The van der Waals surface area contributed by atoms with Crippen molar-refractivity contribution in [2.24, 2.45) is 5.41 Å².